The fourth-order valence-corrected chi connectivity index (χ4v) is 3.03. The van der Waals surface area contributed by atoms with Crippen LogP contribution in [-0.4, -0.2) is 31.7 Å². The van der Waals surface area contributed by atoms with Gasteiger partial charge in [-0.3, -0.25) is 9.59 Å². The van der Waals surface area contributed by atoms with Gasteiger partial charge in [-0.25, -0.2) is 5.43 Å². The van der Waals surface area contributed by atoms with Crippen LogP contribution in [0.3, 0.4) is 0 Å². The monoisotopic (exact) mass is 439 g/mol. The Kier molecular flexibility index (Phi) is 10.2. The number of hydrogen-bond donors (Lipinski definition) is 2. The quantitative estimate of drug-likeness (QED) is 0.284. The second-order valence-electron chi connectivity index (χ2n) is 7.52. The van der Waals surface area contributed by atoms with Crippen LogP contribution in [-0.2, 0) is 9.59 Å². The average Bonchev–Trinajstić information content (AvgIpc) is 2.79. The first kappa shape index (κ1) is 24.9. The van der Waals surface area contributed by atoms with E-state index in [1.54, 1.807) is 7.11 Å². The van der Waals surface area contributed by atoms with Gasteiger partial charge in [-0.15, -0.1) is 0 Å². The summed E-state index contributed by atoms with van der Waals surface area (Å²) in [6.45, 7) is 6.65. The fraction of sp³-hybridized carbons (Fsp3) is 0.400. The molecule has 0 heterocycles. The molecule has 0 aliphatic carbocycles. The number of benzene rings is 2. The van der Waals surface area contributed by atoms with Gasteiger partial charge < -0.3 is 14.8 Å². The lowest BCUT2D eigenvalue weighted by Gasteiger charge is -2.13. The molecule has 172 valence electrons. The molecule has 7 nitrogen and oxygen atoms in total. The summed E-state index contributed by atoms with van der Waals surface area (Å²) in [4.78, 5) is 24.3. The Labute approximate surface area is 190 Å². The molecule has 0 unspecified atom stereocenters. The Morgan fingerprint density at radius 1 is 1.03 bits per heavy atom. The number of anilines is 1. The van der Waals surface area contributed by atoms with E-state index in [9.17, 15) is 9.59 Å². The molecule has 2 aromatic rings. The second-order valence-corrected chi connectivity index (χ2v) is 7.52. The maximum atomic E-state index is 12.2. The molecule has 2 rings (SSSR count). The third-order valence-electron chi connectivity index (χ3n) is 5.07. The molecule has 0 radical (unpaired) electrons. The minimum absolute atomic E-state index is 0.0342. The smallest absolute Gasteiger partial charge is 0.240 e. The summed E-state index contributed by atoms with van der Waals surface area (Å²) in [5.74, 6) is 0.649. The molecule has 0 fully saturated rings. The molecule has 0 atom stereocenters. The van der Waals surface area contributed by atoms with Crippen molar-refractivity contribution in [3.05, 3.63) is 53.1 Å². The predicted octanol–water partition coefficient (Wildman–Crippen LogP) is 4.75. The van der Waals surface area contributed by atoms with Gasteiger partial charge in [-0.05, 0) is 49.6 Å². The normalized spacial score (nSPS) is 10.8. The number of para-hydroxylation sites is 1. The minimum Gasteiger partial charge on any atom is -0.493 e. The molecule has 0 aliphatic rings. The third-order valence-corrected chi connectivity index (χ3v) is 5.07. The molecule has 2 N–H and O–H groups in total. The van der Waals surface area contributed by atoms with Crippen molar-refractivity contribution < 1.29 is 19.1 Å². The van der Waals surface area contributed by atoms with E-state index in [0.29, 0.717) is 23.7 Å². The van der Waals surface area contributed by atoms with Crippen LogP contribution in [0.25, 0.3) is 0 Å². The summed E-state index contributed by atoms with van der Waals surface area (Å²) in [7, 11) is 1.58. The molecular formula is C25H33N3O4. The van der Waals surface area contributed by atoms with Crippen molar-refractivity contribution in [2.24, 2.45) is 5.10 Å². The highest BCUT2D eigenvalue weighted by Gasteiger charge is 2.11. The Balaban J connectivity index is 1.87. The van der Waals surface area contributed by atoms with Crippen LogP contribution in [0.4, 0.5) is 5.69 Å². The van der Waals surface area contributed by atoms with Crippen molar-refractivity contribution in [1.29, 1.82) is 0 Å². The summed E-state index contributed by atoms with van der Waals surface area (Å²) in [5, 5.41) is 6.87. The van der Waals surface area contributed by atoms with Crippen molar-refractivity contribution in [3.8, 4) is 11.5 Å². The number of aryl methyl sites for hydroxylation is 1. The van der Waals surface area contributed by atoms with Gasteiger partial charge in [0.2, 0.25) is 11.8 Å². The van der Waals surface area contributed by atoms with Gasteiger partial charge in [-0.1, -0.05) is 38.0 Å². The number of methoxy groups -OCH3 is 1. The van der Waals surface area contributed by atoms with Crippen molar-refractivity contribution >= 4 is 23.7 Å². The number of amides is 2. The Morgan fingerprint density at radius 3 is 2.53 bits per heavy atom. The van der Waals surface area contributed by atoms with Gasteiger partial charge in [0, 0.05) is 24.1 Å². The molecule has 0 saturated heterocycles. The van der Waals surface area contributed by atoms with E-state index in [2.05, 4.69) is 22.8 Å². The maximum absolute atomic E-state index is 12.2. The molecule has 32 heavy (non-hydrogen) atoms. The first-order valence-electron chi connectivity index (χ1n) is 10.9. The van der Waals surface area contributed by atoms with Gasteiger partial charge in [0.1, 0.15) is 0 Å². The van der Waals surface area contributed by atoms with E-state index < -0.39 is 0 Å². The zero-order valence-corrected chi connectivity index (χ0v) is 19.4. The van der Waals surface area contributed by atoms with Gasteiger partial charge in [0.15, 0.2) is 11.5 Å². The van der Waals surface area contributed by atoms with Crippen LogP contribution in [0, 0.1) is 13.8 Å². The molecule has 0 spiro atoms. The van der Waals surface area contributed by atoms with Crippen LogP contribution in [0.5, 0.6) is 11.5 Å². The summed E-state index contributed by atoms with van der Waals surface area (Å²) < 4.78 is 11.3. The molecule has 2 amide bonds. The minimum atomic E-state index is -0.342. The van der Waals surface area contributed by atoms with Gasteiger partial charge in [0.25, 0.3) is 0 Å². The molecule has 0 aliphatic heterocycles. The van der Waals surface area contributed by atoms with Crippen molar-refractivity contribution in [2.75, 3.05) is 19.0 Å². The molecule has 2 aromatic carbocycles. The van der Waals surface area contributed by atoms with Crippen LogP contribution in [0.2, 0.25) is 0 Å². The van der Waals surface area contributed by atoms with Gasteiger partial charge in [-0.2, -0.15) is 5.10 Å². The highest BCUT2D eigenvalue weighted by Crippen LogP contribution is 2.30. The Bertz CT molecular complexity index is 941. The largest absolute Gasteiger partial charge is 0.493 e. The fourth-order valence-electron chi connectivity index (χ4n) is 3.03. The molecule has 0 saturated carbocycles. The number of hydrazone groups is 1. The van der Waals surface area contributed by atoms with Crippen LogP contribution in [0.1, 0.15) is 55.7 Å². The Morgan fingerprint density at radius 2 is 1.78 bits per heavy atom. The number of nitrogens with one attached hydrogen (secondary N) is 2. The molecule has 7 heteroatoms. The predicted molar refractivity (Wildman–Crippen MR) is 128 cm³/mol. The van der Waals surface area contributed by atoms with Gasteiger partial charge >= 0.3 is 0 Å². The van der Waals surface area contributed by atoms with E-state index in [1.165, 1.54) is 6.21 Å². The van der Waals surface area contributed by atoms with E-state index in [-0.39, 0.29) is 24.7 Å². The first-order valence-corrected chi connectivity index (χ1v) is 10.9. The number of ether oxygens (including phenoxy) is 2. The standard InChI is InChI=1S/C25H33N3O4/c1-5-6-7-16-32-25-20(11-9-13-22(25)31-4)17-26-28-24(30)15-14-23(29)27-21-12-8-10-18(2)19(21)3/h8-13,17H,5-7,14-16H2,1-4H3,(H,27,29)(H,28,30). The molecular weight excluding hydrogens is 406 g/mol. The number of carbonyl (C=O) groups excluding carboxylic acids is 2. The topological polar surface area (TPSA) is 89.0 Å². The summed E-state index contributed by atoms with van der Waals surface area (Å²) in [6, 6.07) is 11.2. The third kappa shape index (κ3) is 7.72. The van der Waals surface area contributed by atoms with E-state index in [1.807, 2.05) is 50.2 Å². The second kappa shape index (κ2) is 13.1. The lowest BCUT2D eigenvalue weighted by atomic mass is 10.1. The van der Waals surface area contributed by atoms with Gasteiger partial charge in [0.05, 0.1) is 19.9 Å². The number of unbranched alkanes of at least 4 members (excludes halogenated alkanes) is 2. The van der Waals surface area contributed by atoms with E-state index >= 15 is 0 Å². The van der Waals surface area contributed by atoms with Crippen LogP contribution < -0.4 is 20.2 Å². The highest BCUT2D eigenvalue weighted by molar-refractivity contribution is 5.94. The van der Waals surface area contributed by atoms with Crippen LogP contribution >= 0.6 is 0 Å². The molecule has 0 aromatic heterocycles. The summed E-state index contributed by atoms with van der Waals surface area (Å²) in [5.41, 5.74) is 6.04. The van der Waals surface area contributed by atoms with E-state index in [0.717, 1.165) is 36.1 Å². The average molecular weight is 440 g/mol. The first-order chi connectivity index (χ1) is 15.5. The number of nitrogens with zero attached hydrogens (tertiary/aromatic N) is 1. The molecule has 0 bridgehead atoms. The highest BCUT2D eigenvalue weighted by atomic mass is 16.5. The zero-order valence-electron chi connectivity index (χ0n) is 19.4. The Hall–Kier alpha value is -3.35. The van der Waals surface area contributed by atoms with Crippen molar-refractivity contribution in [1.82, 2.24) is 5.43 Å². The summed E-state index contributed by atoms with van der Waals surface area (Å²) >= 11 is 0. The zero-order chi connectivity index (χ0) is 23.3. The SMILES string of the molecule is CCCCCOc1c(C=NNC(=O)CCC(=O)Nc2cccc(C)c2C)cccc1OC. The van der Waals surface area contributed by atoms with Crippen molar-refractivity contribution in [3.63, 3.8) is 0 Å². The maximum Gasteiger partial charge on any atom is 0.240 e. The van der Waals surface area contributed by atoms with Crippen molar-refractivity contribution in [2.45, 2.75) is 52.9 Å². The number of carbonyl (C=O) groups is 2. The van der Waals surface area contributed by atoms with E-state index in [4.69, 9.17) is 9.47 Å². The number of rotatable bonds is 12. The lowest BCUT2D eigenvalue weighted by molar-refractivity contribution is -0.124. The summed E-state index contributed by atoms with van der Waals surface area (Å²) in [6.07, 6.45) is 4.77. The number of hydrogen-bond acceptors (Lipinski definition) is 5. The lowest BCUT2D eigenvalue weighted by Crippen LogP contribution is -2.21. The van der Waals surface area contributed by atoms with Crippen LogP contribution in [0.15, 0.2) is 41.5 Å².